The van der Waals surface area contributed by atoms with Gasteiger partial charge in [0, 0.05) is 25.8 Å². The molecule has 0 aliphatic carbocycles. The van der Waals surface area contributed by atoms with Gasteiger partial charge in [-0.15, -0.1) is 0 Å². The molecule has 0 bridgehead atoms. The summed E-state index contributed by atoms with van der Waals surface area (Å²) in [6.07, 6.45) is 0.543. The first kappa shape index (κ1) is 25.3. The molecule has 0 radical (unpaired) electrons. The number of para-hydroxylation sites is 1. The van der Waals surface area contributed by atoms with E-state index in [0.29, 0.717) is 11.3 Å². The summed E-state index contributed by atoms with van der Waals surface area (Å²) < 4.78 is 14.5. The van der Waals surface area contributed by atoms with E-state index in [9.17, 15) is 23.6 Å². The first-order valence-electron chi connectivity index (χ1n) is 12.1. The van der Waals surface area contributed by atoms with Crippen LogP contribution in [0.25, 0.3) is 0 Å². The maximum Gasteiger partial charge on any atom is 0.331 e. The quantitative estimate of drug-likeness (QED) is 0.646. The number of benzene rings is 2. The van der Waals surface area contributed by atoms with E-state index in [1.54, 1.807) is 41.0 Å². The Hall–Kier alpha value is -3.75. The fraction of sp³-hybridized carbons (Fsp3) is 0.407. The molecule has 36 heavy (non-hydrogen) atoms. The molecule has 2 aliphatic heterocycles. The number of piperidine rings is 1. The van der Waals surface area contributed by atoms with Crippen LogP contribution in [0.5, 0.6) is 0 Å². The number of likely N-dealkylation sites (N-methyl/N-ethyl adjacent to an activating group) is 1. The number of imide groups is 1. The number of nitrogens with zero attached hydrogens (tertiary/aromatic N) is 3. The van der Waals surface area contributed by atoms with Crippen molar-refractivity contribution in [1.82, 2.24) is 15.1 Å². The van der Waals surface area contributed by atoms with Gasteiger partial charge in [0.2, 0.25) is 5.91 Å². The lowest BCUT2D eigenvalue weighted by molar-refractivity contribution is -0.139. The minimum Gasteiger partial charge on any atom is -0.341 e. The molecule has 190 valence electrons. The summed E-state index contributed by atoms with van der Waals surface area (Å²) >= 11 is 0. The van der Waals surface area contributed by atoms with Gasteiger partial charge in [-0.3, -0.25) is 24.2 Å². The van der Waals surface area contributed by atoms with Crippen molar-refractivity contribution >= 4 is 29.4 Å². The van der Waals surface area contributed by atoms with Crippen LogP contribution in [0, 0.1) is 18.7 Å². The normalized spacial score (nSPS) is 18.2. The lowest BCUT2D eigenvalue weighted by Crippen LogP contribution is -2.60. The molecule has 8 nitrogen and oxygen atoms in total. The number of aryl methyl sites for hydroxylation is 1. The smallest absolute Gasteiger partial charge is 0.331 e. The summed E-state index contributed by atoms with van der Waals surface area (Å²) in [5, 5.41) is 2.71. The van der Waals surface area contributed by atoms with E-state index in [1.165, 1.54) is 13.1 Å². The third-order valence-corrected chi connectivity index (χ3v) is 7.18. The highest BCUT2D eigenvalue weighted by Gasteiger charge is 2.58. The largest absolute Gasteiger partial charge is 0.341 e. The van der Waals surface area contributed by atoms with Gasteiger partial charge in [-0.1, -0.05) is 44.2 Å². The molecule has 1 N–H and O–H groups in total. The van der Waals surface area contributed by atoms with Gasteiger partial charge >= 0.3 is 6.03 Å². The van der Waals surface area contributed by atoms with Crippen LogP contribution in [0.3, 0.4) is 0 Å². The van der Waals surface area contributed by atoms with E-state index < -0.39 is 29.3 Å². The van der Waals surface area contributed by atoms with Crippen molar-refractivity contribution in [1.29, 1.82) is 0 Å². The summed E-state index contributed by atoms with van der Waals surface area (Å²) in [6, 6.07) is 12.4. The fourth-order valence-electron chi connectivity index (χ4n) is 5.05. The number of urea groups is 1. The number of nitrogens with one attached hydrogen (secondary N) is 1. The molecule has 2 aliphatic rings. The zero-order valence-electron chi connectivity index (χ0n) is 21.0. The van der Waals surface area contributed by atoms with E-state index in [2.05, 4.69) is 5.32 Å². The third-order valence-electron chi connectivity index (χ3n) is 7.18. The van der Waals surface area contributed by atoms with Gasteiger partial charge in [0.1, 0.15) is 17.4 Å². The van der Waals surface area contributed by atoms with Gasteiger partial charge in [-0.05, 0) is 49.4 Å². The number of amides is 5. The number of hydrogen-bond donors (Lipinski definition) is 1. The van der Waals surface area contributed by atoms with Crippen molar-refractivity contribution in [2.24, 2.45) is 5.92 Å². The Kier molecular flexibility index (Phi) is 6.84. The van der Waals surface area contributed by atoms with Crippen LogP contribution in [0.1, 0.15) is 42.6 Å². The highest BCUT2D eigenvalue weighted by Crippen LogP contribution is 2.40. The molecule has 0 aromatic heterocycles. The monoisotopic (exact) mass is 494 g/mol. The average molecular weight is 495 g/mol. The van der Waals surface area contributed by atoms with Gasteiger partial charge in [0.25, 0.3) is 11.8 Å². The fourth-order valence-corrected chi connectivity index (χ4v) is 5.05. The molecule has 2 fully saturated rings. The minimum absolute atomic E-state index is 0.109. The Labute approximate surface area is 210 Å². The minimum atomic E-state index is -1.06. The molecule has 0 saturated carbocycles. The Bertz CT molecular complexity index is 1190. The van der Waals surface area contributed by atoms with Crippen LogP contribution in [-0.4, -0.2) is 65.3 Å². The zero-order chi connectivity index (χ0) is 26.2. The van der Waals surface area contributed by atoms with Gasteiger partial charge in [-0.25, -0.2) is 9.18 Å². The topological polar surface area (TPSA) is 90.0 Å². The first-order valence-corrected chi connectivity index (χ1v) is 12.1. The van der Waals surface area contributed by atoms with Crippen molar-refractivity contribution in [3.63, 3.8) is 0 Å². The van der Waals surface area contributed by atoms with E-state index in [4.69, 9.17) is 0 Å². The van der Waals surface area contributed by atoms with Crippen molar-refractivity contribution in [2.75, 3.05) is 25.0 Å². The number of anilines is 1. The molecule has 1 spiro atoms. The highest BCUT2D eigenvalue weighted by atomic mass is 19.1. The maximum atomic E-state index is 14.5. The summed E-state index contributed by atoms with van der Waals surface area (Å²) in [7, 11) is 1.47. The Morgan fingerprint density at radius 3 is 2.25 bits per heavy atom. The molecular weight excluding hydrogens is 463 g/mol. The second kappa shape index (κ2) is 9.72. The number of carbonyl (C=O) groups excluding carboxylic acids is 4. The Balaban J connectivity index is 1.52. The van der Waals surface area contributed by atoms with E-state index >= 15 is 0 Å². The summed E-state index contributed by atoms with van der Waals surface area (Å²) in [6.45, 7) is 5.68. The second-order valence-electron chi connectivity index (χ2n) is 9.81. The predicted molar refractivity (Wildman–Crippen MR) is 133 cm³/mol. The van der Waals surface area contributed by atoms with Crippen molar-refractivity contribution in [3.05, 3.63) is 65.5 Å². The molecule has 9 heteroatoms. The number of rotatable bonds is 5. The highest BCUT2D eigenvalue weighted by molar-refractivity contribution is 6.16. The summed E-state index contributed by atoms with van der Waals surface area (Å²) in [5.41, 5.74) is -0.194. The second-order valence-corrected chi connectivity index (χ2v) is 9.81. The molecule has 5 amide bonds. The number of hydrogen-bond acceptors (Lipinski definition) is 4. The van der Waals surface area contributed by atoms with Crippen LogP contribution in [0.15, 0.2) is 48.5 Å². The molecule has 1 atom stereocenters. The maximum absolute atomic E-state index is 14.5. The summed E-state index contributed by atoms with van der Waals surface area (Å²) in [5.74, 6) is -2.08. The SMILES string of the molecule is Cc1cccc(C(=O)NC(C(=O)N2CCC3(CC2)C(=O)N(C)C(=O)N3c2ccccc2)C(C)C)c1F. The van der Waals surface area contributed by atoms with E-state index in [1.807, 2.05) is 32.0 Å². The lowest BCUT2D eigenvalue weighted by atomic mass is 9.85. The molecule has 2 saturated heterocycles. The lowest BCUT2D eigenvalue weighted by Gasteiger charge is -2.43. The Morgan fingerprint density at radius 2 is 1.64 bits per heavy atom. The number of likely N-dealkylation sites (tertiary alicyclic amines) is 1. The molecule has 4 rings (SSSR count). The molecule has 1 unspecified atom stereocenters. The zero-order valence-corrected chi connectivity index (χ0v) is 21.0. The van der Waals surface area contributed by atoms with Gasteiger partial charge < -0.3 is 10.2 Å². The van der Waals surface area contributed by atoms with Crippen molar-refractivity contribution in [2.45, 2.75) is 45.2 Å². The molecule has 2 heterocycles. The van der Waals surface area contributed by atoms with E-state index in [0.717, 1.165) is 4.90 Å². The molecular formula is C27H31FN4O4. The van der Waals surface area contributed by atoms with Gasteiger partial charge in [-0.2, -0.15) is 0 Å². The number of halogens is 1. The average Bonchev–Trinajstić information content (AvgIpc) is 3.05. The standard InChI is InChI=1S/C27H31FN4O4/c1-17(2)22(29-23(33)20-12-8-9-18(3)21(20)28)24(34)31-15-13-27(14-16-31)25(35)30(4)26(36)32(27)19-10-6-5-7-11-19/h5-12,17,22H,13-16H2,1-4H3,(H,29,33). The van der Waals surface area contributed by atoms with Gasteiger partial charge in [0.05, 0.1) is 5.56 Å². The first-order chi connectivity index (χ1) is 17.1. The van der Waals surface area contributed by atoms with Crippen LogP contribution in [0.4, 0.5) is 14.9 Å². The third kappa shape index (κ3) is 4.23. The van der Waals surface area contributed by atoms with E-state index in [-0.39, 0.29) is 49.2 Å². The van der Waals surface area contributed by atoms with Crippen LogP contribution in [0.2, 0.25) is 0 Å². The molecule has 2 aromatic rings. The van der Waals surface area contributed by atoms with Crippen LogP contribution in [-0.2, 0) is 9.59 Å². The number of carbonyl (C=O) groups is 4. The predicted octanol–water partition coefficient (Wildman–Crippen LogP) is 3.35. The summed E-state index contributed by atoms with van der Waals surface area (Å²) in [4.78, 5) is 56.8. The van der Waals surface area contributed by atoms with Crippen LogP contribution >= 0.6 is 0 Å². The van der Waals surface area contributed by atoms with Crippen LogP contribution < -0.4 is 10.2 Å². The van der Waals surface area contributed by atoms with Gasteiger partial charge in [0.15, 0.2) is 0 Å². The van der Waals surface area contributed by atoms with Crippen molar-refractivity contribution < 1.29 is 23.6 Å². The molecule has 2 aromatic carbocycles. The van der Waals surface area contributed by atoms with Crippen molar-refractivity contribution in [3.8, 4) is 0 Å². The Morgan fingerprint density at radius 1 is 1.00 bits per heavy atom.